The Balaban J connectivity index is 2.48. The number of amides is 1. The van der Waals surface area contributed by atoms with Gasteiger partial charge >= 0.3 is 0 Å². The van der Waals surface area contributed by atoms with E-state index in [1.807, 2.05) is 6.92 Å². The molecule has 2 N–H and O–H groups in total. The number of sulfone groups is 1. The van der Waals surface area contributed by atoms with Crippen LogP contribution in [0, 0.1) is 6.92 Å². The smallest absolute Gasteiger partial charge is 0.228 e. The van der Waals surface area contributed by atoms with Gasteiger partial charge < -0.3 is 10.6 Å². The van der Waals surface area contributed by atoms with Gasteiger partial charge in [-0.1, -0.05) is 6.07 Å². The Hall–Kier alpha value is -1.40. The van der Waals surface area contributed by atoms with Gasteiger partial charge in [-0.3, -0.25) is 4.79 Å². The number of carbonyl (C=O) groups excluding carboxylic acids is 1. The first-order chi connectivity index (χ1) is 8.29. The van der Waals surface area contributed by atoms with Crippen molar-refractivity contribution in [3.63, 3.8) is 0 Å². The SMILES string of the molecule is Cc1ccc(S(C)(=O)=O)cc1N1CC(N)CC1=O. The monoisotopic (exact) mass is 268 g/mol. The standard InChI is InChI=1S/C12H16N2O3S/c1-8-3-4-10(18(2,16)17)6-11(8)14-7-9(13)5-12(14)15/h3-4,6,9H,5,7,13H2,1-2H3. The molecule has 1 atom stereocenters. The van der Waals surface area contributed by atoms with Crippen molar-refractivity contribution in [3.05, 3.63) is 23.8 Å². The van der Waals surface area contributed by atoms with Gasteiger partial charge in [0.05, 0.1) is 4.90 Å². The molecule has 6 heteroatoms. The average Bonchev–Trinajstić information content (AvgIpc) is 2.56. The molecular weight excluding hydrogens is 252 g/mol. The van der Waals surface area contributed by atoms with Crippen molar-refractivity contribution in [3.8, 4) is 0 Å². The normalized spacial score (nSPS) is 20.5. The van der Waals surface area contributed by atoms with Crippen LogP contribution in [-0.2, 0) is 14.6 Å². The fourth-order valence-corrected chi connectivity index (χ4v) is 2.72. The second kappa shape index (κ2) is 4.37. The summed E-state index contributed by atoms with van der Waals surface area (Å²) in [6.45, 7) is 2.28. The van der Waals surface area contributed by atoms with Crippen LogP contribution >= 0.6 is 0 Å². The van der Waals surface area contributed by atoms with Crippen LogP contribution in [0.25, 0.3) is 0 Å². The average molecular weight is 268 g/mol. The molecule has 1 saturated heterocycles. The number of nitrogens with two attached hydrogens (primary N) is 1. The zero-order valence-electron chi connectivity index (χ0n) is 10.4. The van der Waals surface area contributed by atoms with Gasteiger partial charge in [0.15, 0.2) is 9.84 Å². The van der Waals surface area contributed by atoms with Gasteiger partial charge in [0.2, 0.25) is 5.91 Å². The zero-order valence-corrected chi connectivity index (χ0v) is 11.2. The predicted molar refractivity (Wildman–Crippen MR) is 69.2 cm³/mol. The summed E-state index contributed by atoms with van der Waals surface area (Å²) in [5.74, 6) is -0.0590. The summed E-state index contributed by atoms with van der Waals surface area (Å²) < 4.78 is 23.1. The van der Waals surface area contributed by atoms with Crippen molar-refractivity contribution < 1.29 is 13.2 Å². The zero-order chi connectivity index (χ0) is 13.5. The predicted octanol–water partition coefficient (Wildman–Crippen LogP) is 0.463. The van der Waals surface area contributed by atoms with Crippen molar-refractivity contribution in [1.82, 2.24) is 0 Å². The van der Waals surface area contributed by atoms with Crippen LogP contribution in [0.2, 0.25) is 0 Å². The van der Waals surface area contributed by atoms with Crippen LogP contribution in [0.5, 0.6) is 0 Å². The molecule has 0 bridgehead atoms. The molecule has 5 nitrogen and oxygen atoms in total. The van der Waals surface area contributed by atoms with Crippen molar-refractivity contribution >= 4 is 21.4 Å². The summed E-state index contributed by atoms with van der Waals surface area (Å²) >= 11 is 0. The molecule has 1 aromatic carbocycles. The van der Waals surface area contributed by atoms with Gasteiger partial charge in [-0.15, -0.1) is 0 Å². The molecule has 1 heterocycles. The van der Waals surface area contributed by atoms with E-state index in [-0.39, 0.29) is 16.8 Å². The number of aryl methyl sites for hydroxylation is 1. The molecule has 0 aliphatic carbocycles. The van der Waals surface area contributed by atoms with E-state index in [1.54, 1.807) is 23.1 Å². The highest BCUT2D eigenvalue weighted by Crippen LogP contribution is 2.27. The third-order valence-electron chi connectivity index (χ3n) is 3.05. The maximum atomic E-state index is 11.8. The van der Waals surface area contributed by atoms with E-state index < -0.39 is 9.84 Å². The minimum atomic E-state index is -3.27. The van der Waals surface area contributed by atoms with Crippen LogP contribution < -0.4 is 10.6 Å². The lowest BCUT2D eigenvalue weighted by Gasteiger charge is -2.19. The van der Waals surface area contributed by atoms with E-state index in [0.29, 0.717) is 18.7 Å². The Kier molecular flexibility index (Phi) is 3.16. The molecule has 98 valence electrons. The first-order valence-corrected chi connectivity index (χ1v) is 7.55. The molecule has 2 rings (SSSR count). The van der Waals surface area contributed by atoms with Gasteiger partial charge in [0.25, 0.3) is 0 Å². The molecule has 1 aromatic rings. The number of benzene rings is 1. The summed E-state index contributed by atoms with van der Waals surface area (Å²) in [6.07, 6.45) is 1.46. The van der Waals surface area contributed by atoms with Gasteiger partial charge in [-0.05, 0) is 24.6 Å². The number of rotatable bonds is 2. The first kappa shape index (κ1) is 13.0. The molecule has 1 amide bonds. The highest BCUT2D eigenvalue weighted by molar-refractivity contribution is 7.90. The Labute approximate surface area is 107 Å². The van der Waals surface area contributed by atoms with Gasteiger partial charge in [0.1, 0.15) is 0 Å². The molecular formula is C12H16N2O3S. The summed E-state index contributed by atoms with van der Waals surface area (Å²) in [5.41, 5.74) is 7.25. The van der Waals surface area contributed by atoms with Crippen LogP contribution in [-0.4, -0.2) is 33.2 Å². The molecule has 0 saturated carbocycles. The highest BCUT2D eigenvalue weighted by atomic mass is 32.2. The third-order valence-corrected chi connectivity index (χ3v) is 4.16. The van der Waals surface area contributed by atoms with Crippen molar-refractivity contribution in [2.24, 2.45) is 5.73 Å². The quantitative estimate of drug-likeness (QED) is 0.845. The Morgan fingerprint density at radius 2 is 2.06 bits per heavy atom. The summed E-state index contributed by atoms with van der Waals surface area (Å²) in [7, 11) is -3.27. The summed E-state index contributed by atoms with van der Waals surface area (Å²) in [4.78, 5) is 13.6. The van der Waals surface area contributed by atoms with E-state index in [0.717, 1.165) is 11.8 Å². The van der Waals surface area contributed by atoms with Crippen molar-refractivity contribution in [2.45, 2.75) is 24.3 Å². The number of carbonyl (C=O) groups is 1. The van der Waals surface area contributed by atoms with Crippen LogP contribution in [0.4, 0.5) is 5.69 Å². The molecule has 18 heavy (non-hydrogen) atoms. The highest BCUT2D eigenvalue weighted by Gasteiger charge is 2.29. The lowest BCUT2D eigenvalue weighted by Crippen LogP contribution is -2.28. The lowest BCUT2D eigenvalue weighted by atomic mass is 10.2. The third kappa shape index (κ3) is 2.39. The van der Waals surface area contributed by atoms with E-state index in [2.05, 4.69) is 0 Å². The molecule has 1 unspecified atom stereocenters. The molecule has 1 aliphatic heterocycles. The van der Waals surface area contributed by atoms with E-state index in [1.165, 1.54) is 0 Å². The van der Waals surface area contributed by atoms with Crippen LogP contribution in [0.1, 0.15) is 12.0 Å². The van der Waals surface area contributed by atoms with Crippen LogP contribution in [0.3, 0.4) is 0 Å². The topological polar surface area (TPSA) is 80.5 Å². The molecule has 0 radical (unpaired) electrons. The minimum Gasteiger partial charge on any atom is -0.326 e. The summed E-state index contributed by atoms with van der Waals surface area (Å²) in [6, 6.07) is 4.62. The van der Waals surface area contributed by atoms with E-state index in [9.17, 15) is 13.2 Å². The molecule has 0 spiro atoms. The van der Waals surface area contributed by atoms with E-state index >= 15 is 0 Å². The van der Waals surface area contributed by atoms with E-state index in [4.69, 9.17) is 5.73 Å². The van der Waals surface area contributed by atoms with Gasteiger partial charge in [0, 0.05) is 31.0 Å². The van der Waals surface area contributed by atoms with Crippen molar-refractivity contribution in [1.29, 1.82) is 0 Å². The van der Waals surface area contributed by atoms with Gasteiger partial charge in [-0.25, -0.2) is 8.42 Å². The molecule has 1 fully saturated rings. The van der Waals surface area contributed by atoms with Crippen molar-refractivity contribution in [2.75, 3.05) is 17.7 Å². The lowest BCUT2D eigenvalue weighted by molar-refractivity contribution is -0.117. The second-order valence-electron chi connectivity index (χ2n) is 4.69. The fraction of sp³-hybridized carbons (Fsp3) is 0.417. The molecule has 0 aromatic heterocycles. The maximum absolute atomic E-state index is 11.8. The largest absolute Gasteiger partial charge is 0.326 e. The maximum Gasteiger partial charge on any atom is 0.228 e. The second-order valence-corrected chi connectivity index (χ2v) is 6.70. The number of anilines is 1. The Bertz CT molecular complexity index is 595. The van der Waals surface area contributed by atoms with Gasteiger partial charge in [-0.2, -0.15) is 0 Å². The summed E-state index contributed by atoms with van der Waals surface area (Å²) in [5, 5.41) is 0. The fourth-order valence-electron chi connectivity index (χ4n) is 2.08. The first-order valence-electron chi connectivity index (χ1n) is 5.65. The molecule has 1 aliphatic rings. The van der Waals surface area contributed by atoms with Crippen LogP contribution in [0.15, 0.2) is 23.1 Å². The Morgan fingerprint density at radius 1 is 1.39 bits per heavy atom. The number of nitrogens with zero attached hydrogens (tertiary/aromatic N) is 1. The Morgan fingerprint density at radius 3 is 2.56 bits per heavy atom. The minimum absolute atomic E-state index is 0.0590. The number of hydrogen-bond donors (Lipinski definition) is 1. The number of hydrogen-bond acceptors (Lipinski definition) is 4.